The van der Waals surface area contributed by atoms with E-state index in [9.17, 15) is 4.39 Å². The number of aromatic nitrogens is 2. The molecule has 0 atom stereocenters. The largest absolute Gasteiger partial charge is 1.00 e. The maximum absolute atomic E-state index is 13.2. The van der Waals surface area contributed by atoms with Gasteiger partial charge in [-0.25, -0.2) is 9.37 Å². The SMILES string of the molecule is COc1cc2nc(Nc3cccc(F)c3)nc(N)c2cc1OC.[Cl-]. The molecule has 0 radical (unpaired) electrons. The van der Waals surface area contributed by atoms with Crippen molar-refractivity contribution in [3.63, 3.8) is 0 Å². The Balaban J connectivity index is 0.00000208. The maximum atomic E-state index is 13.2. The third-order valence-corrected chi connectivity index (χ3v) is 3.31. The van der Waals surface area contributed by atoms with Crippen LogP contribution in [0.4, 0.5) is 21.8 Å². The normalized spacial score (nSPS) is 10.1. The van der Waals surface area contributed by atoms with Gasteiger partial charge in [0.15, 0.2) is 11.5 Å². The fraction of sp³-hybridized carbons (Fsp3) is 0.125. The zero-order valence-electron chi connectivity index (χ0n) is 13.0. The van der Waals surface area contributed by atoms with Crippen LogP contribution in [0, 0.1) is 5.82 Å². The van der Waals surface area contributed by atoms with Crippen LogP contribution in [0.3, 0.4) is 0 Å². The first-order valence-electron chi connectivity index (χ1n) is 6.82. The molecule has 0 amide bonds. The lowest BCUT2D eigenvalue weighted by molar-refractivity contribution is -0.00000600. The van der Waals surface area contributed by atoms with Crippen LogP contribution in [0.2, 0.25) is 0 Å². The van der Waals surface area contributed by atoms with Crippen LogP contribution in [-0.4, -0.2) is 24.2 Å². The zero-order valence-corrected chi connectivity index (χ0v) is 13.8. The first-order valence-corrected chi connectivity index (χ1v) is 6.82. The van der Waals surface area contributed by atoms with Crippen LogP contribution in [0.25, 0.3) is 10.9 Å². The summed E-state index contributed by atoms with van der Waals surface area (Å²) in [6.45, 7) is 0. The van der Waals surface area contributed by atoms with Crippen LogP contribution in [0.15, 0.2) is 36.4 Å². The molecular formula is C16H15ClFN4O2-. The van der Waals surface area contributed by atoms with E-state index in [1.54, 1.807) is 38.5 Å². The van der Waals surface area contributed by atoms with Gasteiger partial charge < -0.3 is 32.9 Å². The van der Waals surface area contributed by atoms with E-state index in [0.29, 0.717) is 28.1 Å². The highest BCUT2D eigenvalue weighted by atomic mass is 35.5. The van der Waals surface area contributed by atoms with Gasteiger partial charge in [0.1, 0.15) is 11.6 Å². The predicted molar refractivity (Wildman–Crippen MR) is 86.7 cm³/mol. The number of nitrogens with one attached hydrogen (secondary N) is 1. The van der Waals surface area contributed by atoms with Gasteiger partial charge in [-0.2, -0.15) is 4.98 Å². The quantitative estimate of drug-likeness (QED) is 0.696. The number of hydrogen-bond acceptors (Lipinski definition) is 6. The van der Waals surface area contributed by atoms with E-state index in [4.69, 9.17) is 15.2 Å². The van der Waals surface area contributed by atoms with Crippen molar-refractivity contribution in [3.05, 3.63) is 42.2 Å². The fourth-order valence-electron chi connectivity index (χ4n) is 2.23. The Hall–Kier alpha value is -2.80. The second-order valence-electron chi connectivity index (χ2n) is 4.79. The number of rotatable bonds is 4. The van der Waals surface area contributed by atoms with Crippen molar-refractivity contribution in [2.75, 3.05) is 25.3 Å². The van der Waals surface area contributed by atoms with E-state index in [1.165, 1.54) is 12.1 Å². The molecule has 0 aliphatic carbocycles. The lowest BCUT2D eigenvalue weighted by Gasteiger charge is -2.11. The summed E-state index contributed by atoms with van der Waals surface area (Å²) >= 11 is 0. The summed E-state index contributed by atoms with van der Waals surface area (Å²) in [5, 5.41) is 3.58. The van der Waals surface area contributed by atoms with Gasteiger partial charge in [0.05, 0.1) is 19.7 Å². The van der Waals surface area contributed by atoms with Gasteiger partial charge >= 0.3 is 0 Å². The summed E-state index contributed by atoms with van der Waals surface area (Å²) in [5.74, 6) is 1.29. The third kappa shape index (κ3) is 3.41. The number of halogens is 2. The third-order valence-electron chi connectivity index (χ3n) is 3.31. The summed E-state index contributed by atoms with van der Waals surface area (Å²) < 4.78 is 23.8. The number of ether oxygens (including phenoxy) is 2. The summed E-state index contributed by atoms with van der Waals surface area (Å²) in [4.78, 5) is 8.58. The number of anilines is 3. The van der Waals surface area contributed by atoms with Gasteiger partial charge in [0, 0.05) is 17.1 Å². The van der Waals surface area contributed by atoms with Crippen LogP contribution in [-0.2, 0) is 0 Å². The highest BCUT2D eigenvalue weighted by molar-refractivity contribution is 5.92. The Kier molecular flexibility index (Phi) is 5.25. The average molecular weight is 350 g/mol. The summed E-state index contributed by atoms with van der Waals surface area (Å²) in [7, 11) is 3.08. The molecule has 1 aromatic heterocycles. The minimum Gasteiger partial charge on any atom is -1.00 e. The molecular weight excluding hydrogens is 335 g/mol. The Morgan fingerprint density at radius 3 is 2.42 bits per heavy atom. The average Bonchev–Trinajstić information content (AvgIpc) is 2.53. The Labute approximate surface area is 144 Å². The van der Waals surface area contributed by atoms with Crippen molar-refractivity contribution in [2.24, 2.45) is 0 Å². The van der Waals surface area contributed by atoms with E-state index in [1.807, 2.05) is 0 Å². The number of nitrogen functional groups attached to an aromatic ring is 1. The molecule has 0 aliphatic rings. The number of benzene rings is 2. The Morgan fingerprint density at radius 2 is 1.75 bits per heavy atom. The predicted octanol–water partition coefficient (Wildman–Crippen LogP) is 0.116. The highest BCUT2D eigenvalue weighted by Gasteiger charge is 2.12. The lowest BCUT2D eigenvalue weighted by atomic mass is 10.2. The van der Waals surface area contributed by atoms with Crippen LogP contribution >= 0.6 is 0 Å². The molecule has 3 aromatic rings. The smallest absolute Gasteiger partial charge is 0.229 e. The molecule has 3 N–H and O–H groups in total. The Bertz CT molecular complexity index is 876. The topological polar surface area (TPSA) is 82.3 Å². The molecule has 0 bridgehead atoms. The number of fused-ring (bicyclic) bond motifs is 1. The first-order chi connectivity index (χ1) is 11.1. The van der Waals surface area contributed by atoms with Gasteiger partial charge in [-0.1, -0.05) is 6.07 Å². The van der Waals surface area contributed by atoms with E-state index in [2.05, 4.69) is 15.3 Å². The number of nitrogens with zero attached hydrogens (tertiary/aromatic N) is 2. The molecule has 3 rings (SSSR count). The first kappa shape index (κ1) is 17.6. The van der Waals surface area contributed by atoms with E-state index in [0.717, 1.165) is 0 Å². The molecule has 1 heterocycles. The summed E-state index contributed by atoms with van der Waals surface area (Å²) in [5.41, 5.74) is 7.12. The van der Waals surface area contributed by atoms with Gasteiger partial charge in [-0.15, -0.1) is 0 Å². The number of methoxy groups -OCH3 is 2. The van der Waals surface area contributed by atoms with E-state index < -0.39 is 0 Å². The van der Waals surface area contributed by atoms with Crippen molar-refractivity contribution >= 4 is 28.4 Å². The molecule has 2 aromatic carbocycles. The molecule has 0 unspecified atom stereocenters. The van der Waals surface area contributed by atoms with Gasteiger partial charge in [0.2, 0.25) is 5.95 Å². The minimum atomic E-state index is -0.352. The van der Waals surface area contributed by atoms with Gasteiger partial charge in [0.25, 0.3) is 0 Å². The van der Waals surface area contributed by atoms with Gasteiger partial charge in [-0.05, 0) is 24.3 Å². The highest BCUT2D eigenvalue weighted by Crippen LogP contribution is 2.33. The monoisotopic (exact) mass is 349 g/mol. The van der Waals surface area contributed by atoms with Crippen molar-refractivity contribution in [2.45, 2.75) is 0 Å². The standard InChI is InChI=1S/C16H15FN4O2.ClH/c1-22-13-7-11-12(8-14(13)23-2)20-16(21-15(11)18)19-10-5-3-4-9(17)6-10;/h3-8H,1-2H3,(H3,18,19,20,21);1H/p-1. The molecule has 0 aliphatic heterocycles. The molecule has 8 heteroatoms. The van der Waals surface area contributed by atoms with Crippen molar-refractivity contribution in [1.82, 2.24) is 9.97 Å². The molecule has 6 nitrogen and oxygen atoms in total. The van der Waals surface area contributed by atoms with E-state index in [-0.39, 0.29) is 30.0 Å². The maximum Gasteiger partial charge on any atom is 0.229 e. The van der Waals surface area contributed by atoms with Crippen LogP contribution < -0.4 is 32.9 Å². The second kappa shape index (κ2) is 7.18. The molecule has 24 heavy (non-hydrogen) atoms. The second-order valence-corrected chi connectivity index (χ2v) is 4.79. The van der Waals surface area contributed by atoms with Crippen LogP contribution in [0.5, 0.6) is 11.5 Å². The van der Waals surface area contributed by atoms with Crippen molar-refractivity contribution in [3.8, 4) is 11.5 Å². The zero-order chi connectivity index (χ0) is 16.4. The lowest BCUT2D eigenvalue weighted by Crippen LogP contribution is -3.00. The van der Waals surface area contributed by atoms with Gasteiger partial charge in [-0.3, -0.25) is 0 Å². The summed E-state index contributed by atoms with van der Waals surface area (Å²) in [6, 6.07) is 9.44. The molecule has 126 valence electrons. The molecule has 0 fully saturated rings. The fourth-order valence-corrected chi connectivity index (χ4v) is 2.23. The number of hydrogen-bond donors (Lipinski definition) is 2. The van der Waals surface area contributed by atoms with Crippen molar-refractivity contribution < 1.29 is 26.3 Å². The Morgan fingerprint density at radius 1 is 1.04 bits per heavy atom. The molecule has 0 saturated heterocycles. The number of nitrogens with two attached hydrogens (primary N) is 1. The minimum absolute atomic E-state index is 0. The van der Waals surface area contributed by atoms with Crippen molar-refractivity contribution in [1.29, 1.82) is 0 Å². The van der Waals surface area contributed by atoms with E-state index >= 15 is 0 Å². The van der Waals surface area contributed by atoms with Crippen LogP contribution in [0.1, 0.15) is 0 Å². The molecule has 0 spiro atoms. The summed E-state index contributed by atoms with van der Waals surface area (Å²) in [6.07, 6.45) is 0. The molecule has 0 saturated carbocycles.